The molecule has 0 aliphatic carbocycles. The zero-order valence-corrected chi connectivity index (χ0v) is 32.3. The van der Waals surface area contributed by atoms with E-state index in [4.69, 9.17) is 0 Å². The Kier molecular flexibility index (Phi) is 12.1. The third-order valence-electron chi connectivity index (χ3n) is 9.85. The van der Waals surface area contributed by atoms with Gasteiger partial charge in [0.05, 0.1) is 0 Å². The van der Waals surface area contributed by atoms with Crippen molar-refractivity contribution in [1.82, 2.24) is 0 Å². The van der Waals surface area contributed by atoms with Gasteiger partial charge in [-0.1, -0.05) is 194 Å². The number of hydrogen-bond donors (Lipinski definition) is 0. The fourth-order valence-electron chi connectivity index (χ4n) is 6.98. The van der Waals surface area contributed by atoms with E-state index in [9.17, 15) is 0 Å². The van der Waals surface area contributed by atoms with Gasteiger partial charge in [-0.2, -0.15) is 0 Å². The Labute approximate surface area is 343 Å². The summed E-state index contributed by atoms with van der Waals surface area (Å²) in [4.78, 5) is 4.62. The molecule has 0 atom stereocenters. The van der Waals surface area contributed by atoms with Crippen molar-refractivity contribution in [1.29, 1.82) is 0 Å². The summed E-state index contributed by atoms with van der Waals surface area (Å²) in [5.74, 6) is 0. The summed E-state index contributed by atoms with van der Waals surface area (Å²) in [5, 5.41) is 0. The highest BCUT2D eigenvalue weighted by Crippen LogP contribution is 2.38. The third-order valence-corrected chi connectivity index (χ3v) is 9.85. The lowest BCUT2D eigenvalue weighted by Crippen LogP contribution is -2.10. The maximum absolute atomic E-state index is 2.31. The van der Waals surface area contributed by atoms with Crippen LogP contribution < -0.4 is 9.80 Å². The number of allylic oxidation sites excluding steroid dienone is 4. The molecule has 0 aliphatic rings. The minimum Gasteiger partial charge on any atom is -0.310 e. The summed E-state index contributed by atoms with van der Waals surface area (Å²) in [5.41, 5.74) is 13.6. The molecule has 0 fully saturated rings. The van der Waals surface area contributed by atoms with Gasteiger partial charge in [-0.3, -0.25) is 0 Å². The first-order chi connectivity index (χ1) is 28.8. The van der Waals surface area contributed by atoms with Crippen LogP contribution in [0.5, 0.6) is 0 Å². The van der Waals surface area contributed by atoms with Crippen molar-refractivity contribution in [2.75, 3.05) is 9.80 Å². The van der Waals surface area contributed by atoms with Crippen molar-refractivity contribution in [3.8, 4) is 11.1 Å². The molecule has 2 heteroatoms. The Morgan fingerprint density at radius 3 is 0.862 bits per heavy atom. The maximum atomic E-state index is 2.31. The quantitative estimate of drug-likeness (QED) is 0.108. The Hall–Kier alpha value is -7.68. The van der Waals surface area contributed by atoms with E-state index in [0.29, 0.717) is 0 Å². The number of para-hydroxylation sites is 2. The Morgan fingerprint density at radius 2 is 0.500 bits per heavy atom. The Morgan fingerprint density at radius 1 is 0.224 bits per heavy atom. The lowest BCUT2D eigenvalue weighted by molar-refractivity contribution is 1.28. The van der Waals surface area contributed by atoms with Crippen LogP contribution in [-0.4, -0.2) is 0 Å². The van der Waals surface area contributed by atoms with Crippen LogP contribution in [0, 0.1) is 0 Å². The first kappa shape index (κ1) is 37.3. The van der Waals surface area contributed by atoms with Crippen molar-refractivity contribution in [3.63, 3.8) is 0 Å². The van der Waals surface area contributed by atoms with E-state index in [1.54, 1.807) is 0 Å². The van der Waals surface area contributed by atoms with Crippen LogP contribution in [0.3, 0.4) is 0 Å². The predicted molar refractivity (Wildman–Crippen MR) is 250 cm³/mol. The summed E-state index contributed by atoms with van der Waals surface area (Å²) >= 11 is 0. The molecule has 58 heavy (non-hydrogen) atoms. The summed E-state index contributed by atoms with van der Waals surface area (Å²) in [6.07, 6.45) is 16.9. The molecule has 8 aromatic carbocycles. The molecule has 0 unspecified atom stereocenters. The van der Waals surface area contributed by atoms with Gasteiger partial charge in [0.15, 0.2) is 0 Å². The summed E-state index contributed by atoms with van der Waals surface area (Å²) in [6.45, 7) is 0. The van der Waals surface area contributed by atoms with E-state index < -0.39 is 0 Å². The molecule has 8 rings (SSSR count). The van der Waals surface area contributed by atoms with Crippen LogP contribution in [0.4, 0.5) is 34.1 Å². The largest absolute Gasteiger partial charge is 0.310 e. The van der Waals surface area contributed by atoms with Gasteiger partial charge in [-0.15, -0.1) is 0 Å². The SMILES string of the molecule is C(C=Cc1cccc(N(c2ccccc2)c2ccc(-c3ccc(N(c4ccccc4)c4cccc(C=CC=Cc5ccccc5)c4)cc3)cc2)c1)=Cc1ccccc1. The van der Waals surface area contributed by atoms with Crippen molar-refractivity contribution in [2.45, 2.75) is 0 Å². The second-order valence-corrected chi connectivity index (χ2v) is 13.9. The van der Waals surface area contributed by atoms with Crippen LogP contribution in [0.2, 0.25) is 0 Å². The van der Waals surface area contributed by atoms with Gasteiger partial charge in [0.1, 0.15) is 0 Å². The number of anilines is 6. The molecule has 0 aromatic heterocycles. The van der Waals surface area contributed by atoms with Crippen molar-refractivity contribution in [3.05, 3.63) is 265 Å². The lowest BCUT2D eigenvalue weighted by Gasteiger charge is -2.26. The van der Waals surface area contributed by atoms with E-state index in [1.165, 1.54) is 11.1 Å². The van der Waals surface area contributed by atoms with E-state index in [1.807, 2.05) is 12.1 Å². The topological polar surface area (TPSA) is 6.48 Å². The van der Waals surface area contributed by atoms with E-state index in [2.05, 4.69) is 265 Å². The third kappa shape index (κ3) is 9.57. The lowest BCUT2D eigenvalue weighted by atomic mass is 10.0. The molecule has 0 saturated carbocycles. The first-order valence-electron chi connectivity index (χ1n) is 19.7. The fourth-order valence-corrected chi connectivity index (χ4v) is 6.98. The molecule has 0 saturated heterocycles. The molecule has 0 N–H and O–H groups in total. The molecule has 0 bridgehead atoms. The number of rotatable bonds is 13. The number of hydrogen-bond acceptors (Lipinski definition) is 2. The van der Waals surface area contributed by atoms with Gasteiger partial charge in [0.2, 0.25) is 0 Å². The molecule has 0 heterocycles. The van der Waals surface area contributed by atoms with Crippen LogP contribution in [-0.2, 0) is 0 Å². The van der Waals surface area contributed by atoms with Gasteiger partial charge >= 0.3 is 0 Å². The van der Waals surface area contributed by atoms with Gasteiger partial charge < -0.3 is 9.80 Å². The van der Waals surface area contributed by atoms with Crippen molar-refractivity contribution >= 4 is 58.4 Å². The van der Waals surface area contributed by atoms with Crippen molar-refractivity contribution in [2.24, 2.45) is 0 Å². The number of nitrogens with zero attached hydrogens (tertiary/aromatic N) is 2. The fraction of sp³-hybridized carbons (Fsp3) is 0. The van der Waals surface area contributed by atoms with Crippen LogP contribution in [0.15, 0.2) is 243 Å². The highest BCUT2D eigenvalue weighted by atomic mass is 15.1. The minimum absolute atomic E-state index is 1.09. The van der Waals surface area contributed by atoms with Gasteiger partial charge in [-0.05, 0) is 106 Å². The summed E-state index contributed by atoms with van der Waals surface area (Å²) < 4.78 is 0. The average molecular weight is 745 g/mol. The van der Waals surface area contributed by atoms with Crippen LogP contribution in [0.25, 0.3) is 35.4 Å². The Balaban J connectivity index is 1.03. The first-order valence-corrected chi connectivity index (χ1v) is 19.7. The smallest absolute Gasteiger partial charge is 0.0467 e. The molecule has 278 valence electrons. The highest BCUT2D eigenvalue weighted by molar-refractivity contribution is 5.82. The number of benzene rings is 8. The second kappa shape index (κ2) is 18.8. The van der Waals surface area contributed by atoms with Crippen LogP contribution >= 0.6 is 0 Å². The minimum atomic E-state index is 1.09. The molecular formula is C56H44N2. The molecule has 8 aromatic rings. The van der Waals surface area contributed by atoms with Crippen LogP contribution in [0.1, 0.15) is 22.3 Å². The Bertz CT molecular complexity index is 2440. The molecule has 0 spiro atoms. The summed E-state index contributed by atoms with van der Waals surface area (Å²) in [6, 6.07) is 76.9. The average Bonchev–Trinajstić information content (AvgIpc) is 3.29. The normalized spacial score (nSPS) is 11.5. The highest BCUT2D eigenvalue weighted by Gasteiger charge is 2.15. The summed E-state index contributed by atoms with van der Waals surface area (Å²) in [7, 11) is 0. The van der Waals surface area contributed by atoms with E-state index in [0.717, 1.165) is 56.4 Å². The van der Waals surface area contributed by atoms with Crippen molar-refractivity contribution < 1.29 is 0 Å². The van der Waals surface area contributed by atoms with E-state index in [-0.39, 0.29) is 0 Å². The van der Waals surface area contributed by atoms with Gasteiger partial charge in [0, 0.05) is 34.1 Å². The predicted octanol–water partition coefficient (Wildman–Crippen LogP) is 15.7. The van der Waals surface area contributed by atoms with Gasteiger partial charge in [0.25, 0.3) is 0 Å². The molecule has 0 amide bonds. The molecule has 0 aliphatic heterocycles. The maximum Gasteiger partial charge on any atom is 0.0467 e. The molecular weight excluding hydrogens is 701 g/mol. The zero-order valence-electron chi connectivity index (χ0n) is 32.3. The molecule has 2 nitrogen and oxygen atoms in total. The monoisotopic (exact) mass is 744 g/mol. The standard InChI is InChI=1S/C56H44N2/c1-5-19-45(20-6-1)23-13-15-25-47-27-17-33-55(43-47)57(51-29-9-3-10-30-51)53-39-35-49(36-40-53)50-37-41-54(42-38-50)58(52-31-11-4-12-32-52)56-34-18-28-48(44-56)26-16-14-24-46-21-7-2-8-22-46/h1-44H. The van der Waals surface area contributed by atoms with E-state index >= 15 is 0 Å². The molecule has 0 radical (unpaired) electrons. The zero-order chi connectivity index (χ0) is 39.2. The van der Waals surface area contributed by atoms with Gasteiger partial charge in [-0.25, -0.2) is 0 Å². The second-order valence-electron chi connectivity index (χ2n) is 13.9.